The average molecular weight is 450 g/mol. The molecule has 0 bridgehead atoms. The van der Waals surface area contributed by atoms with Gasteiger partial charge in [-0.25, -0.2) is 17.9 Å². The number of amides is 2. The lowest BCUT2D eigenvalue weighted by atomic mass is 9.88. The predicted octanol–water partition coefficient (Wildman–Crippen LogP) is 3.25. The third-order valence-corrected chi connectivity index (χ3v) is 6.11. The van der Waals surface area contributed by atoms with E-state index in [-0.39, 0.29) is 39.4 Å². The van der Waals surface area contributed by atoms with Crippen molar-refractivity contribution in [2.75, 3.05) is 17.7 Å². The van der Waals surface area contributed by atoms with Crippen molar-refractivity contribution in [1.29, 1.82) is 0 Å². The number of sulfonamides is 1. The van der Waals surface area contributed by atoms with E-state index < -0.39 is 21.7 Å². The molecule has 2 aromatic carbocycles. The molecule has 8 nitrogen and oxygen atoms in total. The first-order valence-corrected chi connectivity index (χ1v) is 11.4. The van der Waals surface area contributed by atoms with Crippen molar-refractivity contribution in [3.8, 4) is 5.75 Å². The van der Waals surface area contributed by atoms with E-state index in [9.17, 15) is 22.4 Å². The SMILES string of the molecule is COc1ccc(S(N)(=O)=O)cc1C(=O)Nc1ccc(F)c(NC(=O)C2CCCCC2)c1. The number of benzene rings is 2. The van der Waals surface area contributed by atoms with Gasteiger partial charge in [0.2, 0.25) is 15.9 Å². The number of halogens is 1. The van der Waals surface area contributed by atoms with E-state index in [0.717, 1.165) is 44.2 Å². The van der Waals surface area contributed by atoms with E-state index >= 15 is 0 Å². The van der Waals surface area contributed by atoms with Gasteiger partial charge >= 0.3 is 0 Å². The molecule has 2 aromatic rings. The first-order chi connectivity index (χ1) is 14.7. The molecule has 1 fully saturated rings. The van der Waals surface area contributed by atoms with Gasteiger partial charge in [-0.2, -0.15) is 0 Å². The summed E-state index contributed by atoms with van der Waals surface area (Å²) in [5.41, 5.74) is 0.109. The molecule has 1 aliphatic carbocycles. The maximum atomic E-state index is 14.2. The number of rotatable bonds is 6. The number of hydrogen-bond acceptors (Lipinski definition) is 5. The smallest absolute Gasteiger partial charge is 0.259 e. The molecule has 166 valence electrons. The van der Waals surface area contributed by atoms with Crippen LogP contribution in [0, 0.1) is 11.7 Å². The van der Waals surface area contributed by atoms with E-state index in [1.165, 1.54) is 31.4 Å². The van der Waals surface area contributed by atoms with Crippen LogP contribution in [0.25, 0.3) is 0 Å². The summed E-state index contributed by atoms with van der Waals surface area (Å²) in [7, 11) is -2.69. The number of nitrogens with one attached hydrogen (secondary N) is 2. The van der Waals surface area contributed by atoms with Crippen LogP contribution in [0.3, 0.4) is 0 Å². The molecule has 10 heteroatoms. The number of nitrogens with two attached hydrogens (primary N) is 1. The lowest BCUT2D eigenvalue weighted by molar-refractivity contribution is -0.120. The highest BCUT2D eigenvalue weighted by atomic mass is 32.2. The minimum atomic E-state index is -4.03. The summed E-state index contributed by atoms with van der Waals surface area (Å²) in [6.07, 6.45) is 4.57. The number of methoxy groups -OCH3 is 1. The Kier molecular flexibility index (Phi) is 6.91. The standard InChI is InChI=1S/C21H24FN3O5S/c1-30-19-10-8-15(31(23,28)29)12-16(19)21(27)24-14-7-9-17(22)18(11-14)25-20(26)13-5-3-2-4-6-13/h7-13H,2-6H2,1H3,(H,24,27)(H,25,26)(H2,23,28,29). The molecule has 0 aliphatic heterocycles. The zero-order valence-electron chi connectivity index (χ0n) is 17.0. The number of carbonyl (C=O) groups excluding carboxylic acids is 2. The predicted molar refractivity (Wildman–Crippen MR) is 114 cm³/mol. The first kappa shape index (κ1) is 22.7. The van der Waals surface area contributed by atoms with Crippen LogP contribution in [-0.4, -0.2) is 27.3 Å². The van der Waals surface area contributed by atoms with Gasteiger partial charge in [0, 0.05) is 11.6 Å². The molecule has 0 aromatic heterocycles. The van der Waals surface area contributed by atoms with Crippen LogP contribution in [-0.2, 0) is 14.8 Å². The second-order valence-electron chi connectivity index (χ2n) is 7.38. The van der Waals surface area contributed by atoms with Crippen LogP contribution >= 0.6 is 0 Å². The molecular weight excluding hydrogens is 425 g/mol. The van der Waals surface area contributed by atoms with Crippen molar-refractivity contribution in [1.82, 2.24) is 0 Å². The molecule has 2 amide bonds. The molecule has 0 saturated heterocycles. The fourth-order valence-corrected chi connectivity index (χ4v) is 4.08. The van der Waals surface area contributed by atoms with E-state index in [0.29, 0.717) is 0 Å². The monoisotopic (exact) mass is 449 g/mol. The Labute approximate surface area is 180 Å². The van der Waals surface area contributed by atoms with Crippen LogP contribution in [0.4, 0.5) is 15.8 Å². The first-order valence-electron chi connectivity index (χ1n) is 9.81. The number of hydrogen-bond donors (Lipinski definition) is 3. The number of primary sulfonamides is 1. The van der Waals surface area contributed by atoms with Crippen molar-refractivity contribution >= 4 is 33.2 Å². The van der Waals surface area contributed by atoms with Crippen molar-refractivity contribution in [2.45, 2.75) is 37.0 Å². The molecule has 1 saturated carbocycles. The topological polar surface area (TPSA) is 128 Å². The highest BCUT2D eigenvalue weighted by Crippen LogP contribution is 2.28. The van der Waals surface area contributed by atoms with Crippen LogP contribution in [0.5, 0.6) is 5.75 Å². The van der Waals surface area contributed by atoms with Gasteiger partial charge < -0.3 is 15.4 Å². The van der Waals surface area contributed by atoms with Crippen molar-refractivity contribution in [3.63, 3.8) is 0 Å². The highest BCUT2D eigenvalue weighted by Gasteiger charge is 2.22. The van der Waals surface area contributed by atoms with Crippen molar-refractivity contribution < 1.29 is 27.1 Å². The van der Waals surface area contributed by atoms with Gasteiger partial charge in [-0.15, -0.1) is 0 Å². The summed E-state index contributed by atoms with van der Waals surface area (Å²) in [5.74, 6) is -1.58. The molecule has 3 rings (SSSR count). The molecule has 0 spiro atoms. The Morgan fingerprint density at radius 2 is 1.77 bits per heavy atom. The Hall–Kier alpha value is -2.98. The largest absolute Gasteiger partial charge is 0.496 e. The summed E-state index contributed by atoms with van der Waals surface area (Å²) in [6, 6.07) is 7.41. The van der Waals surface area contributed by atoms with Crippen molar-refractivity contribution in [3.05, 3.63) is 47.8 Å². The third kappa shape index (κ3) is 5.59. The van der Waals surface area contributed by atoms with Crippen LogP contribution < -0.4 is 20.5 Å². The fourth-order valence-electron chi connectivity index (χ4n) is 3.54. The number of anilines is 2. The van der Waals surface area contributed by atoms with E-state index in [4.69, 9.17) is 9.88 Å². The quantitative estimate of drug-likeness (QED) is 0.624. The van der Waals surface area contributed by atoms with Crippen LogP contribution in [0.2, 0.25) is 0 Å². The van der Waals surface area contributed by atoms with Crippen LogP contribution in [0.1, 0.15) is 42.5 Å². The minimum absolute atomic E-state index is 0.0429. The summed E-state index contributed by atoms with van der Waals surface area (Å²) in [5, 5.41) is 10.3. The Bertz CT molecular complexity index is 1100. The van der Waals surface area contributed by atoms with E-state index in [2.05, 4.69) is 10.6 Å². The highest BCUT2D eigenvalue weighted by molar-refractivity contribution is 7.89. The summed E-state index contributed by atoms with van der Waals surface area (Å²) < 4.78 is 42.6. The van der Waals surface area contributed by atoms with Gasteiger partial charge in [-0.1, -0.05) is 19.3 Å². The van der Waals surface area contributed by atoms with Crippen LogP contribution in [0.15, 0.2) is 41.3 Å². The zero-order chi connectivity index (χ0) is 22.6. The van der Waals surface area contributed by atoms with Gasteiger partial charge in [0.05, 0.1) is 23.3 Å². The number of carbonyl (C=O) groups is 2. The van der Waals surface area contributed by atoms with E-state index in [1.807, 2.05) is 0 Å². The van der Waals surface area contributed by atoms with E-state index in [1.54, 1.807) is 0 Å². The Morgan fingerprint density at radius 1 is 1.06 bits per heavy atom. The van der Waals surface area contributed by atoms with Crippen molar-refractivity contribution in [2.24, 2.45) is 11.1 Å². The normalized spacial score (nSPS) is 14.7. The maximum Gasteiger partial charge on any atom is 0.259 e. The summed E-state index contributed by atoms with van der Waals surface area (Å²) in [6.45, 7) is 0. The maximum absolute atomic E-state index is 14.2. The summed E-state index contributed by atoms with van der Waals surface area (Å²) >= 11 is 0. The average Bonchev–Trinajstić information content (AvgIpc) is 2.75. The molecule has 4 N–H and O–H groups in total. The Balaban J connectivity index is 1.81. The van der Waals surface area contributed by atoms with Gasteiger partial charge in [0.1, 0.15) is 11.6 Å². The second-order valence-corrected chi connectivity index (χ2v) is 8.94. The minimum Gasteiger partial charge on any atom is -0.496 e. The van der Waals surface area contributed by atoms with Gasteiger partial charge in [-0.3, -0.25) is 9.59 Å². The molecule has 0 radical (unpaired) electrons. The molecule has 0 unspecified atom stereocenters. The fraction of sp³-hybridized carbons (Fsp3) is 0.333. The van der Waals surface area contributed by atoms with Gasteiger partial charge in [0.15, 0.2) is 0 Å². The summed E-state index contributed by atoms with van der Waals surface area (Å²) in [4.78, 5) is 24.9. The lowest BCUT2D eigenvalue weighted by Gasteiger charge is -2.21. The zero-order valence-corrected chi connectivity index (χ0v) is 17.8. The Morgan fingerprint density at radius 3 is 2.42 bits per heavy atom. The molecule has 0 heterocycles. The molecule has 1 aliphatic rings. The molecular formula is C21H24FN3O5S. The molecule has 31 heavy (non-hydrogen) atoms. The van der Waals surface area contributed by atoms with Gasteiger partial charge in [0.25, 0.3) is 5.91 Å². The number of ether oxygens (including phenoxy) is 1. The third-order valence-electron chi connectivity index (χ3n) is 5.20. The lowest BCUT2D eigenvalue weighted by Crippen LogP contribution is -2.25. The second kappa shape index (κ2) is 9.44. The molecule has 0 atom stereocenters. The van der Waals surface area contributed by atoms with Gasteiger partial charge in [-0.05, 0) is 49.2 Å².